The van der Waals surface area contributed by atoms with E-state index >= 15 is 0 Å². The molecule has 0 aliphatic rings. The molecule has 0 radical (unpaired) electrons. The fraction of sp³-hybridized carbons (Fsp3) is 0.857. The molecule has 0 rings (SSSR count). The minimum absolute atomic E-state index is 0.149. The van der Waals surface area contributed by atoms with Crippen LogP contribution in [0.5, 0.6) is 0 Å². The molecular formula is C7H14CrO. The van der Waals surface area contributed by atoms with Gasteiger partial charge in [-0.3, -0.25) is 0 Å². The number of rotatable bonds is 2. The molecule has 0 saturated heterocycles. The number of hydrogen-bond donors (Lipinski definition) is 0. The third kappa shape index (κ3) is 3.86. The van der Waals surface area contributed by atoms with Crippen LogP contribution in [0.15, 0.2) is 0 Å². The quantitative estimate of drug-likeness (QED) is 0.607. The first kappa shape index (κ1) is 9.36. The second kappa shape index (κ2) is 3.51. The molecule has 2 heteroatoms. The van der Waals surface area contributed by atoms with Gasteiger partial charge in [-0.15, -0.1) is 0 Å². The van der Waals surface area contributed by atoms with E-state index in [1.54, 1.807) is 0 Å². The van der Waals surface area contributed by atoms with Crippen molar-refractivity contribution in [2.75, 3.05) is 6.61 Å². The summed E-state index contributed by atoms with van der Waals surface area (Å²) in [5.41, 5.74) is 0.149. The number of ether oxygens (including phenoxy) is 1. The third-order valence-corrected chi connectivity index (χ3v) is 2.03. The summed E-state index contributed by atoms with van der Waals surface area (Å²) < 4.78 is 6.26. The summed E-state index contributed by atoms with van der Waals surface area (Å²) in [7, 11) is 0. The van der Waals surface area contributed by atoms with Gasteiger partial charge in [-0.2, -0.15) is 0 Å². The second-order valence-corrected chi connectivity index (χ2v) is 3.55. The standard InChI is InChI=1S/C7H14O.Cr/c1-5-8-6-7(2,3)4;/h5H2,1-4H3;. The molecule has 0 aromatic heterocycles. The van der Waals surface area contributed by atoms with Crippen LogP contribution >= 0.6 is 0 Å². The van der Waals surface area contributed by atoms with Crippen LogP contribution in [0.2, 0.25) is 0 Å². The van der Waals surface area contributed by atoms with Gasteiger partial charge in [0.2, 0.25) is 0 Å². The van der Waals surface area contributed by atoms with E-state index in [4.69, 9.17) is 4.74 Å². The molecule has 1 nitrogen and oxygen atoms in total. The summed E-state index contributed by atoms with van der Waals surface area (Å²) in [6.45, 7) is 9.10. The van der Waals surface area contributed by atoms with Crippen molar-refractivity contribution in [1.29, 1.82) is 0 Å². The van der Waals surface area contributed by atoms with E-state index < -0.39 is 0 Å². The van der Waals surface area contributed by atoms with E-state index in [0.29, 0.717) is 0 Å². The molecule has 0 heterocycles. The summed E-state index contributed by atoms with van der Waals surface area (Å²) in [6.07, 6.45) is 0. The zero-order chi connectivity index (χ0) is 7.49. The van der Waals surface area contributed by atoms with Gasteiger partial charge in [0.05, 0.1) is 0 Å². The summed E-state index contributed by atoms with van der Waals surface area (Å²) in [6, 6.07) is 0. The zero-order valence-electron chi connectivity index (χ0n) is 6.52. The topological polar surface area (TPSA) is 9.23 Å². The monoisotopic (exact) mass is 166 g/mol. The fourth-order valence-electron chi connectivity index (χ4n) is 0.348. The van der Waals surface area contributed by atoms with Crippen molar-refractivity contribution in [3.05, 3.63) is 0 Å². The van der Waals surface area contributed by atoms with Gasteiger partial charge >= 0.3 is 64.9 Å². The van der Waals surface area contributed by atoms with E-state index in [1.165, 1.54) is 0 Å². The summed E-state index contributed by atoms with van der Waals surface area (Å²) >= 11 is 2.91. The predicted molar refractivity (Wildman–Crippen MR) is 36.1 cm³/mol. The molecule has 0 N–H and O–H groups in total. The molecule has 0 aromatic carbocycles. The molecule has 0 amide bonds. The van der Waals surface area contributed by atoms with E-state index in [-0.39, 0.29) is 5.41 Å². The molecule has 9 heavy (non-hydrogen) atoms. The van der Waals surface area contributed by atoms with Crippen molar-refractivity contribution in [2.45, 2.75) is 27.7 Å². The van der Waals surface area contributed by atoms with Gasteiger partial charge in [0.25, 0.3) is 0 Å². The molecule has 0 saturated carbocycles. The first-order valence-electron chi connectivity index (χ1n) is 3.15. The van der Waals surface area contributed by atoms with Crippen molar-refractivity contribution < 1.29 is 20.6 Å². The second-order valence-electron chi connectivity index (χ2n) is 2.97. The predicted octanol–water partition coefficient (Wildman–Crippen LogP) is 1.75. The van der Waals surface area contributed by atoms with Crippen molar-refractivity contribution in [3.63, 3.8) is 0 Å². The van der Waals surface area contributed by atoms with Gasteiger partial charge in [0.1, 0.15) is 0 Å². The van der Waals surface area contributed by atoms with Crippen LogP contribution in [0, 0.1) is 5.41 Å². The molecule has 54 valence electrons. The molecule has 0 fully saturated rings. The molecule has 0 aromatic rings. The molecule has 0 spiro atoms. The van der Waals surface area contributed by atoms with Crippen LogP contribution < -0.4 is 0 Å². The fourth-order valence-corrected chi connectivity index (χ4v) is 0.532. The first-order valence-corrected chi connectivity index (χ1v) is 3.79. The first-order chi connectivity index (χ1) is 3.98. The van der Waals surface area contributed by atoms with E-state index in [9.17, 15) is 0 Å². The van der Waals surface area contributed by atoms with Gasteiger partial charge in [-0.05, 0) is 0 Å². The molecule has 0 aliphatic carbocycles. The van der Waals surface area contributed by atoms with Crippen LogP contribution in [-0.4, -0.2) is 11.2 Å². The summed E-state index contributed by atoms with van der Waals surface area (Å²) in [5, 5.41) is 0. The van der Waals surface area contributed by atoms with Gasteiger partial charge in [-0.25, -0.2) is 0 Å². The van der Waals surface area contributed by atoms with Gasteiger partial charge in [0, 0.05) is 0 Å². The van der Waals surface area contributed by atoms with Crippen LogP contribution in [-0.2, 0) is 20.6 Å². The Bertz CT molecular complexity index is 102. The minimum atomic E-state index is 0.149. The summed E-state index contributed by atoms with van der Waals surface area (Å²) in [4.78, 5) is 0. The molecule has 0 aliphatic heterocycles. The van der Waals surface area contributed by atoms with Crippen molar-refractivity contribution in [1.82, 2.24) is 0 Å². The van der Waals surface area contributed by atoms with Crippen LogP contribution in [0.1, 0.15) is 27.7 Å². The Hall–Kier alpha value is 0.362. The third-order valence-electron chi connectivity index (χ3n) is 0.888. The normalized spacial score (nSPS) is 11.6. The SMILES string of the molecule is CCO[C](=[Cr])C(C)(C)C. The van der Waals surface area contributed by atoms with Crippen molar-refractivity contribution in [2.24, 2.45) is 5.41 Å². The average molecular weight is 166 g/mol. The van der Waals surface area contributed by atoms with Gasteiger partial charge < -0.3 is 0 Å². The van der Waals surface area contributed by atoms with E-state index in [1.807, 2.05) is 6.92 Å². The van der Waals surface area contributed by atoms with Crippen LogP contribution in [0.4, 0.5) is 0 Å². The Kier molecular flexibility index (Phi) is 3.65. The molecule has 0 unspecified atom stereocenters. The van der Waals surface area contributed by atoms with Crippen molar-refractivity contribution in [3.8, 4) is 0 Å². The number of hydrogen-bond acceptors (Lipinski definition) is 1. The van der Waals surface area contributed by atoms with Crippen molar-refractivity contribution >= 4 is 4.57 Å². The Morgan fingerprint density at radius 2 is 1.89 bits per heavy atom. The molecule has 0 atom stereocenters. The molecular weight excluding hydrogens is 152 g/mol. The van der Waals surface area contributed by atoms with Crippen LogP contribution in [0.25, 0.3) is 0 Å². The van der Waals surface area contributed by atoms with Crippen LogP contribution in [0.3, 0.4) is 0 Å². The van der Waals surface area contributed by atoms with Gasteiger partial charge in [-0.1, -0.05) is 0 Å². The Morgan fingerprint density at radius 3 is 2.00 bits per heavy atom. The van der Waals surface area contributed by atoms with Gasteiger partial charge in [0.15, 0.2) is 0 Å². The Morgan fingerprint density at radius 1 is 1.44 bits per heavy atom. The van der Waals surface area contributed by atoms with E-state index in [2.05, 4.69) is 36.6 Å². The average Bonchev–Trinajstić information content (AvgIpc) is 1.64. The maximum atomic E-state index is 5.27. The summed E-state index contributed by atoms with van der Waals surface area (Å²) in [5.74, 6) is 0. The Labute approximate surface area is 65.4 Å². The van der Waals surface area contributed by atoms with E-state index in [0.717, 1.165) is 11.2 Å². The molecule has 0 bridgehead atoms. The maximum absolute atomic E-state index is 5.27. The zero-order valence-corrected chi connectivity index (χ0v) is 7.80. The Balaban J connectivity index is 3.74.